The number of likely N-dealkylation sites (N-methyl/N-ethyl adjacent to an activating group) is 1. The van der Waals surface area contributed by atoms with Crippen LogP contribution in [0.25, 0.3) is 16.9 Å². The van der Waals surface area contributed by atoms with Gasteiger partial charge in [-0.25, -0.2) is 9.37 Å². The lowest BCUT2D eigenvalue weighted by Crippen LogP contribution is -2.46. The Hall–Kier alpha value is -3.09. The third-order valence-corrected chi connectivity index (χ3v) is 5.86. The average molecular weight is 401 g/mol. The van der Waals surface area contributed by atoms with Gasteiger partial charge in [0.1, 0.15) is 11.5 Å². The summed E-state index contributed by atoms with van der Waals surface area (Å²) in [5.74, 6) is -0.179. The third kappa shape index (κ3) is 3.72. The molecule has 0 amide bonds. The van der Waals surface area contributed by atoms with E-state index >= 15 is 0 Å². The van der Waals surface area contributed by atoms with Crippen molar-refractivity contribution in [1.29, 1.82) is 0 Å². The number of fused-ring (bicyclic) bond motifs is 1. The molecule has 1 atom stereocenters. The topological polar surface area (TPSA) is 36.7 Å². The van der Waals surface area contributed by atoms with E-state index in [1.54, 1.807) is 12.1 Å². The van der Waals surface area contributed by atoms with E-state index in [-0.39, 0.29) is 11.9 Å². The largest absolute Gasteiger partial charge is 0.299 e. The number of benzene rings is 1. The van der Waals surface area contributed by atoms with E-state index in [9.17, 15) is 4.39 Å². The molecule has 0 unspecified atom stereocenters. The van der Waals surface area contributed by atoms with Crippen molar-refractivity contribution in [2.75, 3.05) is 26.7 Å². The van der Waals surface area contributed by atoms with Crippen molar-refractivity contribution < 1.29 is 4.39 Å². The molecule has 0 aliphatic carbocycles. The molecule has 0 spiro atoms. The van der Waals surface area contributed by atoms with Crippen molar-refractivity contribution in [3.8, 4) is 11.3 Å². The van der Waals surface area contributed by atoms with Crippen LogP contribution in [0.1, 0.15) is 17.3 Å². The van der Waals surface area contributed by atoms with Gasteiger partial charge in [0.25, 0.3) is 0 Å². The minimum atomic E-state index is -0.179. The van der Waals surface area contributed by atoms with Gasteiger partial charge in [-0.15, -0.1) is 0 Å². The normalized spacial score (nSPS) is 18.1. The van der Waals surface area contributed by atoms with Crippen LogP contribution >= 0.6 is 0 Å². The monoisotopic (exact) mass is 401 g/mol. The van der Waals surface area contributed by atoms with Gasteiger partial charge in [-0.05, 0) is 49.0 Å². The van der Waals surface area contributed by atoms with E-state index in [4.69, 9.17) is 4.98 Å². The van der Waals surface area contributed by atoms with E-state index in [1.807, 2.05) is 42.7 Å². The molecule has 5 nitrogen and oxygen atoms in total. The van der Waals surface area contributed by atoms with Crippen molar-refractivity contribution >= 4 is 5.65 Å². The molecule has 0 bridgehead atoms. The maximum absolute atomic E-state index is 13.6. The molecule has 152 valence electrons. The van der Waals surface area contributed by atoms with Crippen LogP contribution in [0.3, 0.4) is 0 Å². The summed E-state index contributed by atoms with van der Waals surface area (Å²) in [4.78, 5) is 13.8. The molecule has 4 heterocycles. The Morgan fingerprint density at radius 1 is 1.03 bits per heavy atom. The molecule has 6 heteroatoms. The summed E-state index contributed by atoms with van der Waals surface area (Å²) in [6, 6.07) is 17.3. The number of nitrogens with zero attached hydrogens (tertiary/aromatic N) is 5. The van der Waals surface area contributed by atoms with Crippen LogP contribution in [0.2, 0.25) is 0 Å². The highest BCUT2D eigenvalue weighted by Crippen LogP contribution is 2.27. The highest BCUT2D eigenvalue weighted by atomic mass is 19.1. The molecule has 1 aliphatic rings. The smallest absolute Gasteiger partial charge is 0.137 e. The van der Waals surface area contributed by atoms with Gasteiger partial charge in [0.15, 0.2) is 0 Å². The van der Waals surface area contributed by atoms with Crippen LogP contribution in [-0.2, 0) is 6.54 Å². The summed E-state index contributed by atoms with van der Waals surface area (Å²) < 4.78 is 15.7. The minimum Gasteiger partial charge on any atom is -0.299 e. The highest BCUT2D eigenvalue weighted by molar-refractivity contribution is 5.63. The van der Waals surface area contributed by atoms with Crippen molar-refractivity contribution in [2.24, 2.45) is 0 Å². The van der Waals surface area contributed by atoms with Gasteiger partial charge in [0, 0.05) is 50.3 Å². The lowest BCUT2D eigenvalue weighted by molar-refractivity contribution is 0.0885. The molecule has 4 aromatic rings. The van der Waals surface area contributed by atoms with E-state index < -0.39 is 0 Å². The quantitative estimate of drug-likeness (QED) is 0.518. The lowest BCUT2D eigenvalue weighted by atomic mass is 10.1. The van der Waals surface area contributed by atoms with Crippen molar-refractivity contribution in [3.05, 3.63) is 90.3 Å². The van der Waals surface area contributed by atoms with E-state index in [2.05, 4.69) is 38.5 Å². The lowest BCUT2D eigenvalue weighted by Gasteiger charge is -2.38. The van der Waals surface area contributed by atoms with Crippen molar-refractivity contribution in [3.63, 3.8) is 0 Å². The zero-order valence-electron chi connectivity index (χ0n) is 16.9. The number of aromatic nitrogens is 3. The number of pyridine rings is 2. The van der Waals surface area contributed by atoms with E-state index in [0.29, 0.717) is 0 Å². The molecule has 0 N–H and O–H groups in total. The molecule has 0 saturated carbocycles. The predicted molar refractivity (Wildman–Crippen MR) is 115 cm³/mol. The van der Waals surface area contributed by atoms with Gasteiger partial charge in [-0.2, -0.15) is 0 Å². The maximum Gasteiger partial charge on any atom is 0.137 e. The number of rotatable bonds is 4. The first-order chi connectivity index (χ1) is 14.7. The van der Waals surface area contributed by atoms with E-state index in [0.717, 1.165) is 54.3 Å². The van der Waals surface area contributed by atoms with Gasteiger partial charge < -0.3 is 0 Å². The molecule has 0 radical (unpaired) electrons. The van der Waals surface area contributed by atoms with Crippen molar-refractivity contribution in [2.45, 2.75) is 12.6 Å². The number of imidazole rings is 1. The fourth-order valence-corrected chi connectivity index (χ4v) is 4.23. The second-order valence-electron chi connectivity index (χ2n) is 7.90. The first-order valence-corrected chi connectivity index (χ1v) is 10.2. The second kappa shape index (κ2) is 7.97. The number of hydrogen-bond donors (Lipinski definition) is 0. The number of halogens is 1. The first kappa shape index (κ1) is 18.9. The Bertz CT molecular complexity index is 1160. The summed E-state index contributed by atoms with van der Waals surface area (Å²) in [6.07, 6.45) is 5.77. The molecule has 1 saturated heterocycles. The fourth-order valence-electron chi connectivity index (χ4n) is 4.23. The Morgan fingerprint density at radius 2 is 1.87 bits per heavy atom. The van der Waals surface area contributed by atoms with Gasteiger partial charge in [-0.3, -0.25) is 19.2 Å². The summed E-state index contributed by atoms with van der Waals surface area (Å²) in [6.45, 7) is 3.52. The Morgan fingerprint density at radius 3 is 2.70 bits per heavy atom. The van der Waals surface area contributed by atoms with Gasteiger partial charge in [-0.1, -0.05) is 18.2 Å². The number of piperazine rings is 1. The number of hydrogen-bond acceptors (Lipinski definition) is 4. The Labute approximate surface area is 175 Å². The average Bonchev–Trinajstić information content (AvgIpc) is 3.20. The van der Waals surface area contributed by atoms with Crippen LogP contribution < -0.4 is 0 Å². The zero-order chi connectivity index (χ0) is 20.5. The molecular formula is C24H24FN5. The summed E-state index contributed by atoms with van der Waals surface area (Å²) in [5.41, 5.74) is 5.22. The zero-order valence-corrected chi connectivity index (χ0v) is 16.9. The summed E-state index contributed by atoms with van der Waals surface area (Å²) in [5, 5.41) is 0. The predicted octanol–water partition coefficient (Wildman–Crippen LogP) is 4.02. The minimum absolute atomic E-state index is 0.179. The summed E-state index contributed by atoms with van der Waals surface area (Å²) in [7, 11) is 2.15. The van der Waals surface area contributed by atoms with Crippen LogP contribution in [0.5, 0.6) is 0 Å². The van der Waals surface area contributed by atoms with Crippen molar-refractivity contribution in [1.82, 2.24) is 24.2 Å². The van der Waals surface area contributed by atoms with Crippen LogP contribution in [0.4, 0.5) is 4.39 Å². The Kier molecular flexibility index (Phi) is 5.02. The Balaban J connectivity index is 1.43. The highest BCUT2D eigenvalue weighted by Gasteiger charge is 2.28. The van der Waals surface area contributed by atoms with Gasteiger partial charge >= 0.3 is 0 Å². The molecular weight excluding hydrogens is 377 g/mol. The molecule has 1 aliphatic heterocycles. The van der Waals surface area contributed by atoms with Crippen LogP contribution in [0, 0.1) is 5.82 Å². The van der Waals surface area contributed by atoms with Gasteiger partial charge in [0.05, 0.1) is 17.4 Å². The SMILES string of the molecule is CN1CCN(Cc2cccc(F)c2)C[C@H]1c1cn2c(-c3ccncc3)cccc2n1. The first-order valence-electron chi connectivity index (χ1n) is 10.2. The maximum atomic E-state index is 13.6. The second-order valence-corrected chi connectivity index (χ2v) is 7.90. The summed E-state index contributed by atoms with van der Waals surface area (Å²) >= 11 is 0. The molecule has 3 aromatic heterocycles. The van der Waals surface area contributed by atoms with Crippen LogP contribution in [0.15, 0.2) is 73.2 Å². The molecule has 1 aromatic carbocycles. The van der Waals surface area contributed by atoms with Crippen LogP contribution in [-0.4, -0.2) is 50.9 Å². The molecule has 5 rings (SSSR count). The van der Waals surface area contributed by atoms with Gasteiger partial charge in [0.2, 0.25) is 0 Å². The molecule has 30 heavy (non-hydrogen) atoms. The molecule has 1 fully saturated rings. The van der Waals surface area contributed by atoms with E-state index in [1.165, 1.54) is 6.07 Å². The fraction of sp³-hybridized carbons (Fsp3) is 0.250. The standard InChI is InChI=1S/C24H24FN5/c1-28-12-13-29(15-18-4-2-5-20(25)14-18)17-23(28)21-16-30-22(6-3-7-24(30)27-21)19-8-10-26-11-9-19/h2-11,14,16,23H,12-13,15,17H2,1H3/t23-/m0/s1. The third-order valence-electron chi connectivity index (χ3n) is 5.86.